The van der Waals surface area contributed by atoms with E-state index in [1.54, 1.807) is 24.5 Å². The number of thiophene rings is 2. The Kier molecular flexibility index (Phi) is 21.6. The molecule has 10 atom stereocenters. The average molecular weight is 1440 g/mol. The van der Waals surface area contributed by atoms with E-state index in [1.165, 1.54) is 32.5 Å². The van der Waals surface area contributed by atoms with Gasteiger partial charge in [-0.15, -0.1) is 35.8 Å². The van der Waals surface area contributed by atoms with E-state index in [1.807, 2.05) is 76.6 Å². The van der Waals surface area contributed by atoms with Crippen molar-refractivity contribution in [2.45, 2.75) is 203 Å². The lowest BCUT2D eigenvalue weighted by Crippen LogP contribution is -2.54. The van der Waals surface area contributed by atoms with Gasteiger partial charge < -0.3 is 40.3 Å². The summed E-state index contributed by atoms with van der Waals surface area (Å²) in [7, 11) is -7.89. The molecule has 0 radical (unpaired) electrons. The van der Waals surface area contributed by atoms with Crippen LogP contribution >= 0.6 is 22.7 Å². The molecule has 4 aromatic heterocycles. The van der Waals surface area contributed by atoms with Crippen LogP contribution in [-0.4, -0.2) is 174 Å². The lowest BCUT2D eigenvalue weighted by Gasteiger charge is -2.35. The number of ketones is 3. The Morgan fingerprint density at radius 3 is 1.39 bits per heavy atom. The van der Waals surface area contributed by atoms with Crippen molar-refractivity contribution in [1.82, 2.24) is 39.2 Å². The van der Waals surface area contributed by atoms with Crippen molar-refractivity contribution in [1.29, 1.82) is 0 Å². The van der Waals surface area contributed by atoms with Crippen molar-refractivity contribution < 1.29 is 80.0 Å². The molecule has 2 unspecified atom stereocenters. The summed E-state index contributed by atoms with van der Waals surface area (Å²) in [5.41, 5.74) is -0.643. The van der Waals surface area contributed by atoms with Crippen molar-refractivity contribution in [3.05, 3.63) is 84.9 Å². The lowest BCUT2D eigenvalue weighted by molar-refractivity contribution is -0.146. The molecule has 0 bridgehead atoms. The molecule has 12 rings (SSSR count). The van der Waals surface area contributed by atoms with Gasteiger partial charge in [0.25, 0.3) is 0 Å². The van der Waals surface area contributed by atoms with E-state index in [-0.39, 0.29) is 68.9 Å². The largest absolute Gasteiger partial charge is 0.481 e. The number of rotatable bonds is 28. The Bertz CT molecular complexity index is 3990. The predicted molar refractivity (Wildman–Crippen MR) is 366 cm³/mol. The first-order valence-electron chi connectivity index (χ1n) is 33.5. The molecule has 6 heterocycles. The van der Waals surface area contributed by atoms with Crippen LogP contribution in [0.2, 0.25) is 0 Å². The molecule has 7 N–H and O–H groups in total. The molecule has 2 aliphatic heterocycles. The number of carbonyl (C=O) groups is 8. The van der Waals surface area contributed by atoms with Crippen LogP contribution < -0.4 is 24.7 Å². The molecule has 4 amide bonds. The third-order valence-electron chi connectivity index (χ3n) is 20.0. The summed E-state index contributed by atoms with van der Waals surface area (Å²) >= 11 is 3.02. The number of hydrogen-bond acceptors (Lipinski definition) is 23. The van der Waals surface area contributed by atoms with E-state index in [2.05, 4.69) is 42.5 Å². The summed E-state index contributed by atoms with van der Waals surface area (Å²) in [6.07, 6.45) is 9.68. The zero-order chi connectivity index (χ0) is 72.0. The summed E-state index contributed by atoms with van der Waals surface area (Å²) in [6.45, 7) is 18.4. The molecule has 0 aromatic carbocycles. The smallest absolute Gasteiger partial charge is 0.317 e. The van der Waals surface area contributed by atoms with Crippen LogP contribution in [0.3, 0.4) is 0 Å². The van der Waals surface area contributed by atoms with E-state index in [0.717, 1.165) is 47.6 Å². The Morgan fingerprint density at radius 2 is 1.06 bits per heavy atom. The highest BCUT2D eigenvalue weighted by atomic mass is 32.2. The molecule has 30 heteroatoms. The van der Waals surface area contributed by atoms with Crippen LogP contribution in [0.1, 0.15) is 151 Å². The SMILES string of the molecule is C=CC1(O)C[C@]1(CC(=O)[C@@H]1C[C@@H](Oc2nccc(-c3cccs3)n2)CN1C(=O)[C@@H](CC(=O)CC1CC1)C(C)(C)C)C(=O)NS(=O)(=O)C1CC1.C=CC1(O)C[C@]1(CC(=O)[C@@H]1C[C@@H](Oc2nccc(-c3cccs3)n2)CN1C(=O)[C@@H](N)C(C)(C)C)C(=O)NS(=O)(=O)C1CC1.O=C(O)CC1CC1. The monoisotopic (exact) mass is 1440 g/mol. The number of aliphatic carboxylic acids is 1. The summed E-state index contributed by atoms with van der Waals surface area (Å²) in [5.74, 6) is -4.29. The van der Waals surface area contributed by atoms with Gasteiger partial charge in [0.05, 0.1) is 84.9 Å². The number of amides is 4. The maximum Gasteiger partial charge on any atom is 0.317 e. The molecule has 99 heavy (non-hydrogen) atoms. The van der Waals surface area contributed by atoms with Crippen LogP contribution in [0, 0.1) is 39.4 Å². The van der Waals surface area contributed by atoms with Crippen LogP contribution in [0.15, 0.2) is 84.9 Å². The fraction of sp³-hybridized carbons (Fsp3) is 0.594. The van der Waals surface area contributed by atoms with Gasteiger partial charge in [0, 0.05) is 63.3 Å². The Balaban J connectivity index is 0.000000196. The van der Waals surface area contributed by atoms with Crippen LogP contribution in [0.4, 0.5) is 0 Å². The summed E-state index contributed by atoms with van der Waals surface area (Å²) in [4.78, 5) is 128. The number of nitrogens with one attached hydrogen (secondary N) is 2. The molecular weight excluding hydrogens is 1360 g/mol. The molecule has 6 aliphatic carbocycles. The Labute approximate surface area is 584 Å². The average Bonchev–Trinajstić information content (AvgIpc) is 1.54. The minimum Gasteiger partial charge on any atom is -0.481 e. The quantitative estimate of drug-likeness (QED) is 0.0329. The van der Waals surface area contributed by atoms with E-state index >= 15 is 0 Å². The van der Waals surface area contributed by atoms with Crippen molar-refractivity contribution in [3.63, 3.8) is 0 Å². The number of carbonyl (C=O) groups excluding carboxylic acids is 7. The molecule has 4 aromatic rings. The molecule has 6 saturated carbocycles. The second-order valence-electron chi connectivity index (χ2n) is 30.0. The molecule has 8 aliphatic rings. The number of aliphatic hydroxyl groups is 2. The fourth-order valence-corrected chi connectivity index (χ4v) is 17.0. The van der Waals surface area contributed by atoms with Crippen molar-refractivity contribution >= 4 is 89.7 Å². The predicted octanol–water partition coefficient (Wildman–Crippen LogP) is 6.52. The molecule has 26 nitrogen and oxygen atoms in total. The van der Waals surface area contributed by atoms with E-state index in [4.69, 9.17) is 20.3 Å². The van der Waals surface area contributed by atoms with E-state index < -0.39 is 148 Å². The second kappa shape index (κ2) is 28.7. The van der Waals surface area contributed by atoms with Gasteiger partial charge in [-0.3, -0.25) is 47.8 Å². The number of likely N-dealkylation sites (tertiary alicyclic amines) is 2. The van der Waals surface area contributed by atoms with Gasteiger partial charge in [0.1, 0.15) is 18.0 Å². The van der Waals surface area contributed by atoms with Crippen LogP contribution in [0.25, 0.3) is 21.1 Å². The van der Waals surface area contributed by atoms with Crippen molar-refractivity contribution in [3.8, 4) is 33.2 Å². The second-order valence-corrected chi connectivity index (χ2v) is 35.8. The third-order valence-corrected chi connectivity index (χ3v) is 25.4. The minimum atomic E-state index is -3.96. The van der Waals surface area contributed by atoms with Gasteiger partial charge in [0.15, 0.2) is 11.6 Å². The highest BCUT2D eigenvalue weighted by molar-refractivity contribution is 7.91. The lowest BCUT2D eigenvalue weighted by atomic mass is 9.76. The zero-order valence-electron chi connectivity index (χ0n) is 56.5. The molecule has 8 fully saturated rings. The highest BCUT2D eigenvalue weighted by Gasteiger charge is 2.73. The van der Waals surface area contributed by atoms with Gasteiger partial charge in [-0.2, -0.15) is 9.97 Å². The first-order chi connectivity index (χ1) is 46.4. The number of carboxylic acid groups (broad SMARTS) is 1. The number of nitrogens with zero attached hydrogens (tertiary/aromatic N) is 6. The fourth-order valence-electron chi connectivity index (χ4n) is 12.8. The van der Waals surface area contributed by atoms with Crippen LogP contribution in [0.5, 0.6) is 12.0 Å². The normalized spacial score (nSPS) is 27.0. The van der Waals surface area contributed by atoms with E-state index in [0.29, 0.717) is 61.7 Å². The highest BCUT2D eigenvalue weighted by Crippen LogP contribution is 2.62. The number of carboxylic acids is 1. The Hall–Kier alpha value is -7.22. The zero-order valence-corrected chi connectivity index (χ0v) is 59.8. The van der Waals surface area contributed by atoms with Gasteiger partial charge in [-0.1, -0.05) is 65.8 Å². The molecule has 536 valence electrons. The topological polar surface area (TPSA) is 392 Å². The summed E-state index contributed by atoms with van der Waals surface area (Å²) in [6, 6.07) is 8.27. The summed E-state index contributed by atoms with van der Waals surface area (Å²) < 4.78 is 66.8. The maximum absolute atomic E-state index is 14.4. The molecule has 2 saturated heterocycles. The van der Waals surface area contributed by atoms with Crippen molar-refractivity contribution in [2.75, 3.05) is 13.1 Å². The maximum atomic E-state index is 14.4. The number of Topliss-reactive ketones (excluding diaryl/α,β-unsaturated/α-hetero) is 3. The number of aromatic nitrogens is 4. The number of ether oxygens (including phenoxy) is 2. The van der Waals surface area contributed by atoms with E-state index in [9.17, 15) is 65.4 Å². The summed E-state index contributed by atoms with van der Waals surface area (Å²) in [5, 5.41) is 32.8. The van der Waals surface area contributed by atoms with Gasteiger partial charge >= 0.3 is 18.0 Å². The molecular formula is C69H89N9O17S4. The minimum absolute atomic E-state index is 0.00552. The first-order valence-corrected chi connectivity index (χ1v) is 38.4. The first kappa shape index (κ1) is 74.5. The van der Waals surface area contributed by atoms with Gasteiger partial charge in [-0.25, -0.2) is 26.8 Å². The standard InChI is InChI=1S/C35H44N4O8S2.C29H37N5O7S2.C5H8O2/c1-5-35(44)20-34(35,31(43)38-49(45,46)24-10-11-24)18-28(41)27-17-23(47-32-36-13-12-26(37-32)29-7-6-14-48-29)19-39(27)30(42)25(33(2,3)4)16-22(40)15-21-8-9-21;1-5-29(38)16-28(29,25(37)33-43(39,40)18-8-9-18)14-21(35)20-13-17(15-34(20)24(36)23(30)27(2,3)4)41-26-31-11-10-19(32-26)22-7-6-12-42-22;6-5(7)3-4-1-2-4/h5-7,12-14,21,23-25,27,44H,1,8-11,15-20H2,2-4H3,(H,38,43);5-7,10-12,17-18,20,23,38H,1,8-9,13-16,30H2,2-4H3,(H,33,37);4H,1-3H2,(H,6,7)/t23-,25-,27+,34-,35?;17-,20+,23-,28-,29?;/m11./s1. The van der Waals surface area contributed by atoms with Gasteiger partial charge in [-0.05, 0) is 122 Å². The number of hydrogen-bond donors (Lipinski definition) is 6. The van der Waals surface area contributed by atoms with Gasteiger partial charge in [0.2, 0.25) is 43.7 Å². The molecule has 0 spiro atoms. The van der Waals surface area contributed by atoms with Crippen molar-refractivity contribution in [2.24, 2.45) is 45.1 Å². The number of nitrogens with two attached hydrogens (primary N) is 1. The Morgan fingerprint density at radius 1 is 0.646 bits per heavy atom. The van der Waals surface area contributed by atoms with Crippen LogP contribution in [-0.2, 0) is 58.4 Å². The number of sulfonamides is 2. The third kappa shape index (κ3) is 17.4.